The SMILES string of the molecule is CCc1nc2cc(-c3ccc(-c4cc(-c5ccccc5)nc(-c5ccc(-c6ccccc6)cc5)n4)cc3)ccc2o1.CCc1nc2cc(-c3cccc(-c4cc(-c5ccccc5)nc(-c5ccc(-c6ccccc6)cc5)n4)c3)ccc2o1.CCc1nc2cc(-c3ccccc3-c3cc(-c4ccccc4)nc(-c4ccc(-c5ccccc5)cc4)n3)ccc2o1. The van der Waals surface area contributed by atoms with E-state index in [1.807, 2.05) is 112 Å². The van der Waals surface area contributed by atoms with E-state index in [1.54, 1.807) is 0 Å². The van der Waals surface area contributed by atoms with Crippen LogP contribution in [0.25, 0.3) is 202 Å². The molecule has 588 valence electrons. The average Bonchev–Trinajstić information content (AvgIpc) is 1.39. The number of hydrogen-bond acceptors (Lipinski definition) is 12. The highest BCUT2D eigenvalue weighted by atomic mass is 16.4. The van der Waals surface area contributed by atoms with Crippen molar-refractivity contribution in [2.75, 3.05) is 0 Å². The van der Waals surface area contributed by atoms with E-state index in [1.165, 1.54) is 22.3 Å². The summed E-state index contributed by atoms with van der Waals surface area (Å²) in [4.78, 5) is 44.1. The molecule has 0 aliphatic carbocycles. The van der Waals surface area contributed by atoms with Crippen LogP contribution in [0, 0.1) is 0 Å². The van der Waals surface area contributed by atoms with E-state index in [2.05, 4.69) is 324 Å². The Bertz CT molecular complexity index is 7250. The Labute approximate surface area is 713 Å². The molecule has 0 atom stereocenters. The van der Waals surface area contributed by atoms with Gasteiger partial charge in [-0.15, -0.1) is 0 Å². The Balaban J connectivity index is 0.000000121. The van der Waals surface area contributed by atoms with Crippen LogP contribution in [-0.2, 0) is 19.3 Å². The van der Waals surface area contributed by atoms with E-state index in [0.29, 0.717) is 17.5 Å². The topological polar surface area (TPSA) is 155 Å². The van der Waals surface area contributed by atoms with Gasteiger partial charge in [-0.1, -0.05) is 360 Å². The largest absolute Gasteiger partial charge is 0.441 e. The van der Waals surface area contributed by atoms with E-state index in [0.717, 1.165) is 199 Å². The number of nitrogens with zero attached hydrogens (tertiary/aromatic N) is 9. The third-order valence-corrected chi connectivity index (χ3v) is 21.9. The lowest BCUT2D eigenvalue weighted by atomic mass is 9.96. The molecule has 21 aromatic rings. The molecular weight excluding hydrogens is 1510 g/mol. The monoisotopic (exact) mass is 1590 g/mol. The second-order valence-corrected chi connectivity index (χ2v) is 29.9. The maximum atomic E-state index is 5.86. The molecule has 0 saturated heterocycles. The second kappa shape index (κ2) is 35.3. The van der Waals surface area contributed by atoms with E-state index >= 15 is 0 Å². The molecule has 123 heavy (non-hydrogen) atoms. The van der Waals surface area contributed by atoms with Crippen LogP contribution >= 0.6 is 0 Å². The van der Waals surface area contributed by atoms with Crippen LogP contribution in [-0.4, -0.2) is 44.9 Å². The molecule has 0 bridgehead atoms. The van der Waals surface area contributed by atoms with E-state index in [4.69, 9.17) is 43.2 Å². The molecule has 12 nitrogen and oxygen atoms in total. The maximum absolute atomic E-state index is 5.86. The van der Waals surface area contributed by atoms with Gasteiger partial charge in [0.1, 0.15) is 16.6 Å². The summed E-state index contributed by atoms with van der Waals surface area (Å²) >= 11 is 0. The van der Waals surface area contributed by atoms with Crippen LogP contribution in [0.15, 0.2) is 414 Å². The minimum atomic E-state index is 0.690. The molecular formula is C111H81N9O3. The first-order valence-corrected chi connectivity index (χ1v) is 41.5. The van der Waals surface area contributed by atoms with E-state index in [9.17, 15) is 0 Å². The summed E-state index contributed by atoms with van der Waals surface area (Å²) in [6.45, 7) is 6.14. The predicted molar refractivity (Wildman–Crippen MR) is 498 cm³/mol. The first-order valence-electron chi connectivity index (χ1n) is 41.5. The molecule has 0 N–H and O–H groups in total. The molecule has 12 heteroatoms. The Morgan fingerprint density at radius 3 is 0.756 bits per heavy atom. The van der Waals surface area contributed by atoms with Crippen molar-refractivity contribution in [3.05, 3.63) is 418 Å². The van der Waals surface area contributed by atoms with Crippen molar-refractivity contribution in [2.24, 2.45) is 0 Å². The second-order valence-electron chi connectivity index (χ2n) is 29.9. The highest BCUT2D eigenvalue weighted by Gasteiger charge is 2.20. The number of aromatic nitrogens is 9. The standard InChI is InChI=1S/3C37H27N3O/c1-2-36-38-34-23-29(21-22-35(34)41-36)30-15-9-10-16-31(30)33-24-32(27-13-7-4-8-14-27)39-37(40-33)28-19-17-26(18-20-28)25-11-5-3-6-12-25;1-2-36-38-34-23-30(20-21-35(34)41-36)29-14-9-15-31(22-29)33-24-32(27-12-7-4-8-13-27)39-37(40-33)28-18-16-26(17-19-28)25-10-5-3-6-11-25;1-2-36-38-34-23-31(21-22-35(34)41-36)27-13-17-29(18-14-27)33-24-32(28-11-7-4-8-12-28)39-37(40-33)30-19-15-26(16-20-30)25-9-5-3-6-10-25/h3*3-24H,2H2,1H3. The van der Waals surface area contributed by atoms with Crippen molar-refractivity contribution in [1.82, 2.24) is 44.9 Å². The number of hydrogen-bond donors (Lipinski definition) is 0. The minimum Gasteiger partial charge on any atom is -0.441 e. The van der Waals surface area contributed by atoms with Gasteiger partial charge in [-0.25, -0.2) is 44.9 Å². The summed E-state index contributed by atoms with van der Waals surface area (Å²) < 4.78 is 17.5. The highest BCUT2D eigenvalue weighted by molar-refractivity contribution is 5.90. The molecule has 0 spiro atoms. The zero-order valence-electron chi connectivity index (χ0n) is 68.0. The zero-order chi connectivity index (χ0) is 82.8. The van der Waals surface area contributed by atoms with Gasteiger partial charge in [-0.2, -0.15) is 0 Å². The Morgan fingerprint density at radius 2 is 0.390 bits per heavy atom. The lowest BCUT2D eigenvalue weighted by Gasteiger charge is -2.13. The Kier molecular flexibility index (Phi) is 22.0. The van der Waals surface area contributed by atoms with Gasteiger partial charge in [0.25, 0.3) is 0 Å². The van der Waals surface area contributed by atoms with Gasteiger partial charge in [-0.3, -0.25) is 0 Å². The van der Waals surface area contributed by atoms with Gasteiger partial charge in [-0.05, 0) is 127 Å². The summed E-state index contributed by atoms with van der Waals surface area (Å²) in [5.41, 5.74) is 33.1. The molecule has 0 radical (unpaired) electrons. The van der Waals surface area contributed by atoms with Crippen molar-refractivity contribution in [1.29, 1.82) is 0 Å². The molecule has 15 aromatic carbocycles. The van der Waals surface area contributed by atoms with Crippen molar-refractivity contribution < 1.29 is 13.3 Å². The first-order chi connectivity index (χ1) is 60.7. The lowest BCUT2D eigenvalue weighted by Crippen LogP contribution is -1.97. The van der Waals surface area contributed by atoms with Gasteiger partial charge in [0.15, 0.2) is 51.9 Å². The van der Waals surface area contributed by atoms with Crippen LogP contribution in [0.2, 0.25) is 0 Å². The van der Waals surface area contributed by atoms with Crippen LogP contribution in [0.5, 0.6) is 0 Å². The quantitative estimate of drug-likeness (QED) is 0.0803. The van der Waals surface area contributed by atoms with Crippen LogP contribution in [0.3, 0.4) is 0 Å². The number of aryl methyl sites for hydroxylation is 3. The van der Waals surface area contributed by atoms with Crippen LogP contribution in [0.1, 0.15) is 38.4 Å². The molecule has 6 heterocycles. The Hall–Kier alpha value is -16.1. The van der Waals surface area contributed by atoms with Crippen LogP contribution in [0.4, 0.5) is 0 Å². The molecule has 6 aromatic heterocycles. The number of benzene rings is 15. The summed E-state index contributed by atoms with van der Waals surface area (Å²) in [6.07, 6.45) is 2.31. The molecule has 0 aliphatic rings. The number of rotatable bonds is 18. The van der Waals surface area contributed by atoms with Crippen molar-refractivity contribution >= 4 is 33.3 Å². The summed E-state index contributed by atoms with van der Waals surface area (Å²) in [6, 6.07) is 138. The third-order valence-electron chi connectivity index (χ3n) is 21.9. The van der Waals surface area contributed by atoms with Crippen molar-refractivity contribution in [3.63, 3.8) is 0 Å². The normalized spacial score (nSPS) is 11.1. The molecule has 0 unspecified atom stereocenters. The number of fused-ring (bicyclic) bond motifs is 3. The Morgan fingerprint density at radius 1 is 0.163 bits per heavy atom. The number of oxazole rings is 3. The van der Waals surface area contributed by atoms with Crippen molar-refractivity contribution in [2.45, 2.75) is 40.0 Å². The van der Waals surface area contributed by atoms with E-state index in [-0.39, 0.29) is 0 Å². The van der Waals surface area contributed by atoms with Gasteiger partial charge in [0.05, 0.1) is 34.2 Å². The van der Waals surface area contributed by atoms with Crippen molar-refractivity contribution in [3.8, 4) is 168 Å². The first kappa shape index (κ1) is 76.9. The molecule has 0 saturated carbocycles. The lowest BCUT2D eigenvalue weighted by molar-refractivity contribution is 0.537. The van der Waals surface area contributed by atoms with E-state index < -0.39 is 0 Å². The van der Waals surface area contributed by atoms with Gasteiger partial charge < -0.3 is 13.3 Å². The molecule has 0 amide bonds. The molecule has 0 aliphatic heterocycles. The molecule has 21 rings (SSSR count). The predicted octanol–water partition coefficient (Wildman–Crippen LogP) is 28.5. The van der Waals surface area contributed by atoms with Gasteiger partial charge in [0, 0.05) is 69.3 Å². The minimum absolute atomic E-state index is 0.690. The summed E-state index contributed by atoms with van der Waals surface area (Å²) in [5.74, 6) is 4.35. The molecule has 0 fully saturated rings. The summed E-state index contributed by atoms with van der Waals surface area (Å²) in [5, 5.41) is 0. The average molecular weight is 1590 g/mol. The van der Waals surface area contributed by atoms with Gasteiger partial charge >= 0.3 is 0 Å². The zero-order valence-corrected chi connectivity index (χ0v) is 68.0. The fourth-order valence-electron chi connectivity index (χ4n) is 15.3. The maximum Gasteiger partial charge on any atom is 0.195 e. The summed E-state index contributed by atoms with van der Waals surface area (Å²) in [7, 11) is 0. The van der Waals surface area contributed by atoms with Crippen LogP contribution < -0.4 is 0 Å². The van der Waals surface area contributed by atoms with Gasteiger partial charge in [0.2, 0.25) is 0 Å². The fraction of sp³-hybridized carbons (Fsp3) is 0.0541. The fourth-order valence-corrected chi connectivity index (χ4v) is 15.3. The third kappa shape index (κ3) is 17.2. The highest BCUT2D eigenvalue weighted by Crippen LogP contribution is 2.40. The smallest absolute Gasteiger partial charge is 0.195 e.